The molecule has 1 rings (SSSR count). The van der Waals surface area contributed by atoms with Crippen molar-refractivity contribution in [2.75, 3.05) is 19.3 Å². The van der Waals surface area contributed by atoms with E-state index in [-0.39, 0.29) is 0 Å². The van der Waals surface area contributed by atoms with E-state index in [1.54, 1.807) is 0 Å². The lowest BCUT2D eigenvalue weighted by atomic mass is 10.1. The van der Waals surface area contributed by atoms with Gasteiger partial charge >= 0.3 is 0 Å². The van der Waals surface area contributed by atoms with Crippen LogP contribution in [0.4, 0.5) is 0 Å². The van der Waals surface area contributed by atoms with Crippen molar-refractivity contribution in [2.24, 2.45) is 0 Å². The van der Waals surface area contributed by atoms with Crippen LogP contribution in [0.15, 0.2) is 0 Å². The van der Waals surface area contributed by atoms with E-state index in [1.165, 1.54) is 58.0 Å². The van der Waals surface area contributed by atoms with Crippen molar-refractivity contribution >= 4 is 10.1 Å². The normalized spacial score (nSPS) is 23.6. The minimum atomic E-state index is -3.92. The summed E-state index contributed by atoms with van der Waals surface area (Å²) in [5, 5.41) is 0. The number of likely N-dealkylation sites (tertiary alicyclic amines) is 1. The lowest BCUT2D eigenvalue weighted by Crippen LogP contribution is -3.13. The van der Waals surface area contributed by atoms with Gasteiger partial charge in [-0.25, -0.2) is 8.42 Å². The maximum atomic E-state index is 9.08. The van der Waals surface area contributed by atoms with Crippen LogP contribution in [-0.2, 0) is 10.1 Å². The molecular weight excluding hydrogens is 250 g/mol. The first-order chi connectivity index (χ1) is 8.38. The molecule has 1 fully saturated rings. The third-order valence-electron chi connectivity index (χ3n) is 3.37. The zero-order valence-corrected chi connectivity index (χ0v) is 12.9. The summed E-state index contributed by atoms with van der Waals surface area (Å²) in [7, 11) is -3.92. The third kappa shape index (κ3) is 11.0. The summed E-state index contributed by atoms with van der Waals surface area (Å²) in [4.78, 5) is 1.91. The van der Waals surface area contributed by atoms with E-state index < -0.39 is 10.1 Å². The molecule has 1 saturated heterocycles. The van der Waals surface area contributed by atoms with Gasteiger partial charge < -0.3 is 9.45 Å². The lowest BCUT2D eigenvalue weighted by molar-refractivity contribution is -0.912. The zero-order chi connectivity index (χ0) is 14.0. The number of rotatable bonds is 6. The van der Waals surface area contributed by atoms with Crippen LogP contribution in [0.2, 0.25) is 0 Å². The molecule has 0 spiro atoms. The number of hydrogen-bond acceptors (Lipinski definition) is 3. The van der Waals surface area contributed by atoms with Gasteiger partial charge in [0, 0.05) is 19.1 Å². The van der Waals surface area contributed by atoms with Crippen molar-refractivity contribution in [1.82, 2.24) is 0 Å². The fraction of sp³-hybridized carbons (Fsp3) is 1.00. The number of quaternary nitrogens is 1. The second-order valence-electron chi connectivity index (χ2n) is 5.20. The second kappa shape index (κ2) is 9.75. The summed E-state index contributed by atoms with van der Waals surface area (Å²) in [6.45, 7) is 7.51. The van der Waals surface area contributed by atoms with E-state index in [0.717, 1.165) is 6.04 Å². The van der Waals surface area contributed by atoms with Gasteiger partial charge in [0.15, 0.2) is 0 Å². The van der Waals surface area contributed by atoms with Gasteiger partial charge in [0.25, 0.3) is 0 Å². The smallest absolute Gasteiger partial charge is 0.0916 e. The molecule has 1 aliphatic heterocycles. The van der Waals surface area contributed by atoms with Crippen molar-refractivity contribution < 1.29 is 17.9 Å². The Morgan fingerprint density at radius 3 is 2.33 bits per heavy atom. The molecule has 1 heterocycles. The fourth-order valence-electron chi connectivity index (χ4n) is 2.61. The molecule has 0 amide bonds. The van der Waals surface area contributed by atoms with E-state index >= 15 is 0 Å². The second-order valence-corrected chi connectivity index (χ2v) is 6.61. The third-order valence-corrected chi connectivity index (χ3v) is 3.37. The van der Waals surface area contributed by atoms with E-state index in [1.807, 2.05) is 4.90 Å². The Balaban J connectivity index is 0.000000494. The summed E-state index contributed by atoms with van der Waals surface area (Å²) in [5.74, 6) is 0. The standard InChI is InChI=1S/C12H25N.CH4O3S/c1-3-5-6-10-13-11-7-9-12(13)8-4-2;1-5(2,3)4/h12H,3-11H2,1-2H3;1H3,(H,2,3,4). The Hall–Kier alpha value is -0.130. The van der Waals surface area contributed by atoms with Crippen molar-refractivity contribution in [3.63, 3.8) is 0 Å². The molecule has 4 nitrogen and oxygen atoms in total. The molecule has 0 aromatic rings. The minimum absolute atomic E-state index is 0.604. The number of nitrogens with one attached hydrogen (secondary N) is 1. The van der Waals surface area contributed by atoms with Gasteiger partial charge in [-0.15, -0.1) is 0 Å². The molecule has 0 saturated carbocycles. The summed E-state index contributed by atoms with van der Waals surface area (Å²) >= 11 is 0. The first-order valence-corrected chi connectivity index (χ1v) is 8.95. The van der Waals surface area contributed by atoms with Gasteiger partial charge in [0.2, 0.25) is 0 Å². The van der Waals surface area contributed by atoms with Crippen molar-refractivity contribution in [2.45, 2.75) is 64.8 Å². The maximum absolute atomic E-state index is 9.08. The van der Waals surface area contributed by atoms with Crippen LogP contribution in [0, 0.1) is 0 Å². The van der Waals surface area contributed by atoms with Crippen molar-refractivity contribution in [1.29, 1.82) is 0 Å². The molecule has 2 unspecified atom stereocenters. The van der Waals surface area contributed by atoms with Crippen molar-refractivity contribution in [3.05, 3.63) is 0 Å². The van der Waals surface area contributed by atoms with Gasteiger partial charge in [0.05, 0.1) is 29.2 Å². The predicted molar refractivity (Wildman–Crippen MR) is 73.8 cm³/mol. The summed E-state index contributed by atoms with van der Waals surface area (Å²) in [5.41, 5.74) is 0. The maximum Gasteiger partial charge on any atom is 0.0916 e. The Bertz CT molecular complexity index is 283. The van der Waals surface area contributed by atoms with E-state index in [9.17, 15) is 0 Å². The van der Waals surface area contributed by atoms with Crippen LogP contribution < -0.4 is 4.90 Å². The monoisotopic (exact) mass is 279 g/mol. The largest absolute Gasteiger partial charge is 0.748 e. The van der Waals surface area contributed by atoms with E-state index in [4.69, 9.17) is 13.0 Å². The highest BCUT2D eigenvalue weighted by atomic mass is 32.2. The average molecular weight is 279 g/mol. The Labute approximate surface area is 113 Å². The van der Waals surface area contributed by atoms with Crippen LogP contribution in [-0.4, -0.2) is 38.4 Å². The van der Waals surface area contributed by atoms with Crippen molar-refractivity contribution in [3.8, 4) is 0 Å². The van der Waals surface area contributed by atoms with Crippen LogP contribution in [0.25, 0.3) is 0 Å². The number of unbranched alkanes of at least 4 members (excludes halogenated alkanes) is 2. The van der Waals surface area contributed by atoms with Gasteiger partial charge in [-0.05, 0) is 19.3 Å². The molecule has 110 valence electrons. The highest BCUT2D eigenvalue weighted by Crippen LogP contribution is 2.06. The van der Waals surface area contributed by atoms with Gasteiger partial charge in [-0.1, -0.05) is 26.7 Å². The molecular formula is C13H29NO3S. The highest BCUT2D eigenvalue weighted by Gasteiger charge is 2.26. The Morgan fingerprint density at radius 2 is 1.83 bits per heavy atom. The molecule has 0 aromatic carbocycles. The van der Waals surface area contributed by atoms with Gasteiger partial charge in [-0.2, -0.15) is 0 Å². The lowest BCUT2D eigenvalue weighted by Gasteiger charge is -2.20. The molecule has 1 aliphatic rings. The molecule has 5 heteroatoms. The van der Waals surface area contributed by atoms with Crippen LogP contribution >= 0.6 is 0 Å². The van der Waals surface area contributed by atoms with Crippen LogP contribution in [0.3, 0.4) is 0 Å². The minimum Gasteiger partial charge on any atom is -0.748 e. The predicted octanol–water partition coefficient (Wildman–Crippen LogP) is 1.19. The summed E-state index contributed by atoms with van der Waals surface area (Å²) in [6.07, 6.45) is 10.7. The molecule has 18 heavy (non-hydrogen) atoms. The Morgan fingerprint density at radius 1 is 1.22 bits per heavy atom. The molecule has 0 bridgehead atoms. The van der Waals surface area contributed by atoms with Crippen LogP contribution in [0.1, 0.15) is 58.8 Å². The fourth-order valence-corrected chi connectivity index (χ4v) is 2.61. The van der Waals surface area contributed by atoms with Gasteiger partial charge in [-0.3, -0.25) is 0 Å². The molecule has 0 aliphatic carbocycles. The average Bonchev–Trinajstić information content (AvgIpc) is 2.64. The Kier molecular flexibility index (Phi) is 9.68. The first kappa shape index (κ1) is 17.9. The SMILES string of the molecule is CCCCC[NH+]1CCCC1CCC.CS(=O)(=O)[O-]. The zero-order valence-electron chi connectivity index (χ0n) is 12.1. The topological polar surface area (TPSA) is 61.6 Å². The summed E-state index contributed by atoms with van der Waals surface area (Å²) < 4.78 is 27.2. The highest BCUT2D eigenvalue weighted by molar-refractivity contribution is 7.84. The van der Waals surface area contributed by atoms with E-state index in [0.29, 0.717) is 6.26 Å². The summed E-state index contributed by atoms with van der Waals surface area (Å²) in [6, 6.07) is 1.02. The first-order valence-electron chi connectivity index (χ1n) is 7.13. The van der Waals surface area contributed by atoms with Crippen LogP contribution in [0.5, 0.6) is 0 Å². The van der Waals surface area contributed by atoms with E-state index in [2.05, 4.69) is 13.8 Å². The molecule has 2 atom stereocenters. The number of hydrogen-bond donors (Lipinski definition) is 1. The molecule has 0 radical (unpaired) electrons. The molecule has 1 N–H and O–H groups in total. The molecule has 0 aromatic heterocycles. The quantitative estimate of drug-likeness (QED) is 0.587. The van der Waals surface area contributed by atoms with Gasteiger partial charge in [0.1, 0.15) is 0 Å².